The largest absolute Gasteiger partial charge is 0.507 e. The normalized spacial score (nSPS) is 16.9. The van der Waals surface area contributed by atoms with Gasteiger partial charge in [-0.2, -0.15) is 0 Å². The summed E-state index contributed by atoms with van der Waals surface area (Å²) in [5, 5.41) is 22.1. The van der Waals surface area contributed by atoms with Crippen LogP contribution in [-0.2, 0) is 19.4 Å². The summed E-state index contributed by atoms with van der Waals surface area (Å²) in [5.41, 5.74) is 2.34. The molecule has 1 aromatic heterocycles. The van der Waals surface area contributed by atoms with Crippen LogP contribution in [0, 0.1) is 24.0 Å². The number of hydrogen-bond acceptors (Lipinski definition) is 9. The fraction of sp³-hybridized carbons (Fsp3) is 0.107. The molecule has 10 nitrogen and oxygen atoms in total. The SMILES string of the molecule is Cc1ccc(C(O)=C2C(=O)C(=O)N(c3ncc(S(=O)(=O)c4ccc([N+](=O)[O-])cc4)s3)[C@H]2c2ccc(C)cc2)cc1. The Morgan fingerprint density at radius 2 is 1.52 bits per heavy atom. The molecular formula is C28H21N3O7S2. The lowest BCUT2D eigenvalue weighted by Gasteiger charge is -2.23. The summed E-state index contributed by atoms with van der Waals surface area (Å²) >= 11 is 0.677. The predicted molar refractivity (Wildman–Crippen MR) is 148 cm³/mol. The lowest BCUT2D eigenvalue weighted by atomic mass is 9.94. The Morgan fingerprint density at radius 3 is 2.10 bits per heavy atom. The van der Waals surface area contributed by atoms with Crippen LogP contribution in [0.3, 0.4) is 0 Å². The van der Waals surface area contributed by atoms with Crippen molar-refractivity contribution in [1.82, 2.24) is 4.98 Å². The number of nitrogens with zero attached hydrogens (tertiary/aromatic N) is 3. The van der Waals surface area contributed by atoms with Crippen molar-refractivity contribution in [2.75, 3.05) is 4.90 Å². The minimum absolute atomic E-state index is 0.0592. The van der Waals surface area contributed by atoms with Crippen molar-refractivity contribution in [2.45, 2.75) is 29.0 Å². The molecule has 1 amide bonds. The quantitative estimate of drug-likeness (QED) is 0.109. The van der Waals surface area contributed by atoms with Gasteiger partial charge in [-0.05, 0) is 31.5 Å². The molecule has 0 radical (unpaired) electrons. The van der Waals surface area contributed by atoms with E-state index in [2.05, 4.69) is 4.98 Å². The number of carbonyl (C=O) groups is 2. The molecule has 1 atom stereocenters. The van der Waals surface area contributed by atoms with Crippen molar-refractivity contribution < 1.29 is 28.0 Å². The van der Waals surface area contributed by atoms with Gasteiger partial charge in [-0.25, -0.2) is 13.4 Å². The van der Waals surface area contributed by atoms with Gasteiger partial charge in [0.25, 0.3) is 11.5 Å². The molecule has 1 fully saturated rings. The van der Waals surface area contributed by atoms with Crippen molar-refractivity contribution in [3.8, 4) is 0 Å². The molecule has 4 aromatic rings. The number of non-ortho nitro benzene ring substituents is 1. The molecule has 40 heavy (non-hydrogen) atoms. The highest BCUT2D eigenvalue weighted by molar-refractivity contribution is 7.93. The van der Waals surface area contributed by atoms with Gasteiger partial charge in [0.1, 0.15) is 9.97 Å². The second-order valence-electron chi connectivity index (χ2n) is 9.16. The first-order valence-corrected chi connectivity index (χ1v) is 14.2. The van der Waals surface area contributed by atoms with Crippen LogP contribution in [0.1, 0.15) is 28.3 Å². The number of aliphatic hydroxyl groups excluding tert-OH is 1. The number of anilines is 1. The monoisotopic (exact) mass is 575 g/mol. The van der Waals surface area contributed by atoms with Crippen LogP contribution in [0.4, 0.5) is 10.8 Å². The Balaban J connectivity index is 1.62. The number of sulfone groups is 1. The maximum atomic E-state index is 13.4. The van der Waals surface area contributed by atoms with Crippen LogP contribution in [0.5, 0.6) is 0 Å². The fourth-order valence-corrected chi connectivity index (χ4v) is 6.86. The van der Waals surface area contributed by atoms with Gasteiger partial charge < -0.3 is 5.11 Å². The number of aliphatic hydroxyl groups is 1. The van der Waals surface area contributed by atoms with Crippen molar-refractivity contribution in [2.24, 2.45) is 0 Å². The van der Waals surface area contributed by atoms with Crippen LogP contribution >= 0.6 is 11.3 Å². The van der Waals surface area contributed by atoms with Crippen LogP contribution in [0.2, 0.25) is 0 Å². The number of Topliss-reactive ketones (excluding diaryl/α,β-unsaturated/α-hetero) is 1. The van der Waals surface area contributed by atoms with E-state index in [1.807, 2.05) is 13.8 Å². The molecule has 0 aliphatic carbocycles. The third-order valence-corrected chi connectivity index (χ3v) is 9.69. The second kappa shape index (κ2) is 10.1. The lowest BCUT2D eigenvalue weighted by molar-refractivity contribution is -0.384. The van der Waals surface area contributed by atoms with Crippen molar-refractivity contribution >= 4 is 49.4 Å². The Kier molecular flexibility index (Phi) is 6.82. The van der Waals surface area contributed by atoms with E-state index in [1.54, 1.807) is 48.5 Å². The number of nitro benzene ring substituents is 1. The number of amides is 1. The van der Waals surface area contributed by atoms with Crippen molar-refractivity contribution in [3.63, 3.8) is 0 Å². The average molecular weight is 576 g/mol. The zero-order chi connectivity index (χ0) is 28.8. The number of aromatic nitrogens is 1. The molecule has 0 bridgehead atoms. The van der Waals surface area contributed by atoms with Gasteiger partial charge >= 0.3 is 5.91 Å². The second-order valence-corrected chi connectivity index (χ2v) is 12.3. The highest BCUT2D eigenvalue weighted by atomic mass is 32.2. The number of rotatable bonds is 6. The van der Waals surface area contributed by atoms with Gasteiger partial charge in [0.05, 0.1) is 27.6 Å². The fourth-order valence-electron chi connectivity index (χ4n) is 4.31. The summed E-state index contributed by atoms with van der Waals surface area (Å²) in [7, 11) is -4.14. The Bertz CT molecular complexity index is 1790. The van der Waals surface area contributed by atoms with E-state index in [0.717, 1.165) is 46.5 Å². The lowest BCUT2D eigenvalue weighted by Crippen LogP contribution is -2.29. The van der Waals surface area contributed by atoms with Crippen LogP contribution in [0.15, 0.2) is 93.7 Å². The summed E-state index contributed by atoms with van der Waals surface area (Å²) in [6.07, 6.45) is 1.07. The summed E-state index contributed by atoms with van der Waals surface area (Å²) in [5.74, 6) is -2.26. The van der Waals surface area contributed by atoms with Crippen LogP contribution < -0.4 is 4.90 Å². The minimum Gasteiger partial charge on any atom is -0.507 e. The van der Waals surface area contributed by atoms with E-state index in [4.69, 9.17) is 0 Å². The number of thiazole rings is 1. The molecule has 2 heterocycles. The van der Waals surface area contributed by atoms with E-state index in [-0.39, 0.29) is 31.3 Å². The predicted octanol–water partition coefficient (Wildman–Crippen LogP) is 5.13. The first-order chi connectivity index (χ1) is 19.0. The first-order valence-electron chi connectivity index (χ1n) is 11.9. The molecule has 3 aromatic carbocycles. The summed E-state index contributed by atoms with van der Waals surface area (Å²) in [6.45, 7) is 3.75. The summed E-state index contributed by atoms with van der Waals surface area (Å²) in [4.78, 5) is 42.1. The third kappa shape index (κ3) is 4.67. The number of benzene rings is 3. The molecule has 202 valence electrons. The average Bonchev–Trinajstić information content (AvgIpc) is 3.53. The minimum atomic E-state index is -4.14. The van der Waals surface area contributed by atoms with E-state index in [0.29, 0.717) is 22.5 Å². The Morgan fingerprint density at radius 1 is 0.950 bits per heavy atom. The van der Waals surface area contributed by atoms with Crippen molar-refractivity contribution in [3.05, 3.63) is 117 Å². The molecule has 0 unspecified atom stereocenters. The van der Waals surface area contributed by atoms with Gasteiger partial charge in [0, 0.05) is 17.7 Å². The number of nitro groups is 1. The molecule has 0 saturated carbocycles. The molecule has 12 heteroatoms. The summed E-state index contributed by atoms with van der Waals surface area (Å²) < 4.78 is 26.3. The van der Waals surface area contributed by atoms with E-state index in [1.165, 1.54) is 0 Å². The first kappa shape index (κ1) is 26.9. The highest BCUT2D eigenvalue weighted by Gasteiger charge is 2.48. The molecular weight excluding hydrogens is 554 g/mol. The van der Waals surface area contributed by atoms with Gasteiger partial charge in [0.15, 0.2) is 5.13 Å². The van der Waals surface area contributed by atoms with E-state index < -0.39 is 32.5 Å². The number of ketones is 1. The zero-order valence-corrected chi connectivity index (χ0v) is 22.8. The molecule has 5 rings (SSSR count). The topological polar surface area (TPSA) is 148 Å². The Labute approximate surface area is 232 Å². The number of carbonyl (C=O) groups excluding carboxylic acids is 2. The highest BCUT2D eigenvalue weighted by Crippen LogP contribution is 2.44. The van der Waals surface area contributed by atoms with Gasteiger partial charge in [-0.3, -0.25) is 24.6 Å². The summed E-state index contributed by atoms with van der Waals surface area (Å²) in [6, 6.07) is 17.2. The smallest absolute Gasteiger partial charge is 0.301 e. The zero-order valence-electron chi connectivity index (χ0n) is 21.1. The molecule has 1 saturated heterocycles. The maximum absolute atomic E-state index is 13.4. The standard InChI is InChI=1S/C28H21N3O7S2/c1-16-3-7-18(8-4-16)24-23(25(32)19-9-5-17(2)6-10-19)26(33)27(34)30(24)28-29-15-22(39-28)40(37,38)21-13-11-20(12-14-21)31(35)36/h3-15,24,32H,1-2H3/t24-/m0/s1. The third-order valence-electron chi connectivity index (χ3n) is 6.46. The van der Waals surface area contributed by atoms with E-state index in [9.17, 15) is 33.2 Å². The van der Waals surface area contributed by atoms with Crippen molar-refractivity contribution in [1.29, 1.82) is 0 Å². The van der Waals surface area contributed by atoms with Gasteiger partial charge in [-0.1, -0.05) is 71.0 Å². The van der Waals surface area contributed by atoms with Gasteiger partial charge in [0.2, 0.25) is 9.84 Å². The molecule has 1 aliphatic heterocycles. The molecule has 0 spiro atoms. The van der Waals surface area contributed by atoms with Crippen LogP contribution in [0.25, 0.3) is 5.76 Å². The molecule has 1 N–H and O–H groups in total. The molecule has 1 aliphatic rings. The number of aryl methyl sites for hydroxylation is 2. The van der Waals surface area contributed by atoms with Gasteiger partial charge in [-0.15, -0.1) is 0 Å². The van der Waals surface area contributed by atoms with Crippen LogP contribution in [-0.4, -0.2) is 35.1 Å². The maximum Gasteiger partial charge on any atom is 0.301 e. The van der Waals surface area contributed by atoms with E-state index >= 15 is 0 Å². The Hall–Kier alpha value is -4.68. The number of hydrogen-bond donors (Lipinski definition) is 1.